The molecule has 1 amide bonds. The first-order chi connectivity index (χ1) is 6.84. The maximum absolute atomic E-state index is 11.7. The first kappa shape index (κ1) is 14.4. The molecule has 0 aliphatic carbocycles. The first-order valence-corrected chi connectivity index (χ1v) is 5.53. The van der Waals surface area contributed by atoms with Crippen LogP contribution in [-0.2, 0) is 4.79 Å². The van der Waals surface area contributed by atoms with Crippen molar-refractivity contribution >= 4 is 5.91 Å². The Bertz CT molecular complexity index is 201. The summed E-state index contributed by atoms with van der Waals surface area (Å²) < 4.78 is 0. The Balaban J connectivity index is 4.22. The summed E-state index contributed by atoms with van der Waals surface area (Å²) in [5, 5.41) is 11.9. The zero-order valence-electron chi connectivity index (χ0n) is 10.2. The lowest BCUT2D eigenvalue weighted by Crippen LogP contribution is -2.54. The fraction of sp³-hybridized carbons (Fsp3) is 0.909. The van der Waals surface area contributed by atoms with Crippen LogP contribution in [-0.4, -0.2) is 29.2 Å². The third-order valence-corrected chi connectivity index (χ3v) is 2.62. The molecule has 0 fully saturated rings. The molecule has 15 heavy (non-hydrogen) atoms. The first-order valence-electron chi connectivity index (χ1n) is 5.53. The minimum Gasteiger partial charge on any atom is -0.394 e. The van der Waals surface area contributed by atoms with Crippen LogP contribution in [0.15, 0.2) is 0 Å². The Labute approximate surface area is 92.2 Å². The summed E-state index contributed by atoms with van der Waals surface area (Å²) in [5.74, 6) is 0.217. The van der Waals surface area contributed by atoms with E-state index in [-0.39, 0.29) is 12.5 Å². The quantitative estimate of drug-likeness (QED) is 0.610. The van der Waals surface area contributed by atoms with Crippen LogP contribution in [0.25, 0.3) is 0 Å². The van der Waals surface area contributed by atoms with Gasteiger partial charge in [-0.25, -0.2) is 0 Å². The summed E-state index contributed by atoms with van der Waals surface area (Å²) in [5.41, 5.74) is 5.19. The topological polar surface area (TPSA) is 75.3 Å². The molecule has 2 unspecified atom stereocenters. The van der Waals surface area contributed by atoms with E-state index in [9.17, 15) is 4.79 Å². The second-order valence-electron chi connectivity index (χ2n) is 4.80. The number of rotatable bonds is 6. The van der Waals surface area contributed by atoms with Crippen molar-refractivity contribution in [1.29, 1.82) is 0 Å². The minimum atomic E-state index is -0.550. The van der Waals surface area contributed by atoms with Crippen molar-refractivity contribution in [3.63, 3.8) is 0 Å². The van der Waals surface area contributed by atoms with Crippen LogP contribution < -0.4 is 11.1 Å². The SMILES string of the molecule is CCC(C)(CO)NC(=O)C(N)CC(C)C. The van der Waals surface area contributed by atoms with Crippen molar-refractivity contribution < 1.29 is 9.90 Å². The van der Waals surface area contributed by atoms with E-state index in [0.29, 0.717) is 18.8 Å². The van der Waals surface area contributed by atoms with E-state index in [4.69, 9.17) is 10.8 Å². The molecule has 0 bridgehead atoms. The number of aliphatic hydroxyl groups excluding tert-OH is 1. The molecule has 4 nitrogen and oxygen atoms in total. The molecule has 4 heteroatoms. The number of nitrogens with one attached hydrogen (secondary N) is 1. The third-order valence-electron chi connectivity index (χ3n) is 2.62. The Morgan fingerprint density at radius 1 is 1.53 bits per heavy atom. The molecular weight excluding hydrogens is 192 g/mol. The van der Waals surface area contributed by atoms with Crippen LogP contribution in [0.4, 0.5) is 0 Å². The number of hydrogen-bond acceptors (Lipinski definition) is 3. The molecule has 0 aromatic rings. The Morgan fingerprint density at radius 3 is 2.40 bits per heavy atom. The summed E-state index contributed by atoms with van der Waals surface area (Å²) in [6.07, 6.45) is 1.35. The van der Waals surface area contributed by atoms with Gasteiger partial charge in [0.1, 0.15) is 0 Å². The molecule has 0 rings (SSSR count). The lowest BCUT2D eigenvalue weighted by atomic mass is 9.98. The number of carbonyl (C=O) groups excluding carboxylic acids is 1. The van der Waals surface area contributed by atoms with Gasteiger partial charge in [0.15, 0.2) is 0 Å². The van der Waals surface area contributed by atoms with Gasteiger partial charge in [0.2, 0.25) is 5.91 Å². The lowest BCUT2D eigenvalue weighted by molar-refractivity contribution is -0.125. The number of aliphatic hydroxyl groups is 1. The van der Waals surface area contributed by atoms with Crippen molar-refractivity contribution in [1.82, 2.24) is 5.32 Å². The largest absolute Gasteiger partial charge is 0.394 e. The summed E-state index contributed by atoms with van der Waals surface area (Å²) in [7, 11) is 0. The lowest BCUT2D eigenvalue weighted by Gasteiger charge is -2.29. The molecule has 0 aromatic heterocycles. The van der Waals surface area contributed by atoms with Gasteiger partial charge in [0, 0.05) is 0 Å². The summed E-state index contributed by atoms with van der Waals surface area (Å²) >= 11 is 0. The second kappa shape index (κ2) is 6.08. The van der Waals surface area contributed by atoms with E-state index in [0.717, 1.165) is 0 Å². The fourth-order valence-electron chi connectivity index (χ4n) is 1.24. The van der Waals surface area contributed by atoms with Crippen molar-refractivity contribution in [3.05, 3.63) is 0 Å². The standard InChI is InChI=1S/C11H24N2O2/c1-5-11(4,7-14)13-10(15)9(12)6-8(2)3/h8-9,14H,5-7,12H2,1-4H3,(H,13,15). The number of carbonyl (C=O) groups is 1. The molecule has 0 aliphatic heterocycles. The fourth-order valence-corrected chi connectivity index (χ4v) is 1.24. The van der Waals surface area contributed by atoms with Crippen LogP contribution in [0, 0.1) is 5.92 Å². The maximum atomic E-state index is 11.7. The predicted octanol–water partition coefficient (Wildman–Crippen LogP) is 0.637. The van der Waals surface area contributed by atoms with Gasteiger partial charge in [0.25, 0.3) is 0 Å². The van der Waals surface area contributed by atoms with Gasteiger partial charge in [-0.3, -0.25) is 4.79 Å². The molecule has 0 saturated carbocycles. The molecule has 0 radical (unpaired) electrons. The van der Waals surface area contributed by atoms with E-state index in [1.807, 2.05) is 27.7 Å². The molecule has 0 aliphatic rings. The molecule has 90 valence electrons. The molecular formula is C11H24N2O2. The highest BCUT2D eigenvalue weighted by Crippen LogP contribution is 2.09. The highest BCUT2D eigenvalue weighted by atomic mass is 16.3. The molecule has 4 N–H and O–H groups in total. The summed E-state index contributed by atoms with van der Waals surface area (Å²) in [6.45, 7) is 7.72. The van der Waals surface area contributed by atoms with Crippen molar-refractivity contribution in [2.45, 2.75) is 52.1 Å². The summed E-state index contributed by atoms with van der Waals surface area (Å²) in [6, 6.07) is -0.484. The van der Waals surface area contributed by atoms with Gasteiger partial charge in [-0.05, 0) is 25.7 Å². The number of hydrogen-bond donors (Lipinski definition) is 3. The van der Waals surface area contributed by atoms with Crippen molar-refractivity contribution in [3.8, 4) is 0 Å². The van der Waals surface area contributed by atoms with Gasteiger partial charge >= 0.3 is 0 Å². The smallest absolute Gasteiger partial charge is 0.237 e. The van der Waals surface area contributed by atoms with Gasteiger partial charge in [-0.15, -0.1) is 0 Å². The summed E-state index contributed by atoms with van der Waals surface area (Å²) in [4.78, 5) is 11.7. The number of nitrogens with two attached hydrogens (primary N) is 1. The van der Waals surface area contributed by atoms with E-state index >= 15 is 0 Å². The van der Waals surface area contributed by atoms with E-state index in [1.54, 1.807) is 0 Å². The molecule has 2 atom stereocenters. The number of amides is 1. The highest BCUT2D eigenvalue weighted by molar-refractivity contribution is 5.82. The third kappa shape index (κ3) is 5.14. The second-order valence-corrected chi connectivity index (χ2v) is 4.80. The highest BCUT2D eigenvalue weighted by Gasteiger charge is 2.26. The molecule has 0 spiro atoms. The van der Waals surface area contributed by atoms with Crippen LogP contribution >= 0.6 is 0 Å². The molecule has 0 aromatic carbocycles. The Hall–Kier alpha value is -0.610. The van der Waals surface area contributed by atoms with E-state index in [1.165, 1.54) is 0 Å². The van der Waals surface area contributed by atoms with Gasteiger partial charge < -0.3 is 16.2 Å². The van der Waals surface area contributed by atoms with Gasteiger partial charge in [-0.1, -0.05) is 20.8 Å². The minimum absolute atomic E-state index is 0.0658. The van der Waals surface area contributed by atoms with Crippen LogP contribution in [0.2, 0.25) is 0 Å². The van der Waals surface area contributed by atoms with Crippen molar-refractivity contribution in [2.75, 3.05) is 6.61 Å². The normalized spacial score (nSPS) is 17.3. The average molecular weight is 216 g/mol. The van der Waals surface area contributed by atoms with Crippen LogP contribution in [0.1, 0.15) is 40.5 Å². The monoisotopic (exact) mass is 216 g/mol. The molecule has 0 heterocycles. The Morgan fingerprint density at radius 2 is 2.07 bits per heavy atom. The van der Waals surface area contributed by atoms with Crippen LogP contribution in [0.5, 0.6) is 0 Å². The Kier molecular flexibility index (Phi) is 5.83. The zero-order valence-corrected chi connectivity index (χ0v) is 10.2. The van der Waals surface area contributed by atoms with Gasteiger partial charge in [-0.2, -0.15) is 0 Å². The van der Waals surface area contributed by atoms with E-state index < -0.39 is 11.6 Å². The predicted molar refractivity (Wildman–Crippen MR) is 61.4 cm³/mol. The molecule has 0 saturated heterocycles. The van der Waals surface area contributed by atoms with Crippen LogP contribution in [0.3, 0.4) is 0 Å². The van der Waals surface area contributed by atoms with Crippen molar-refractivity contribution in [2.24, 2.45) is 11.7 Å². The average Bonchev–Trinajstić information content (AvgIpc) is 2.16. The van der Waals surface area contributed by atoms with E-state index in [2.05, 4.69) is 5.32 Å². The van der Waals surface area contributed by atoms with Gasteiger partial charge in [0.05, 0.1) is 18.2 Å². The maximum Gasteiger partial charge on any atom is 0.237 e. The zero-order chi connectivity index (χ0) is 12.1.